The molecule has 0 aliphatic heterocycles. The fourth-order valence-electron chi connectivity index (χ4n) is 1.38. The van der Waals surface area contributed by atoms with Gasteiger partial charge in [0.05, 0.1) is 11.0 Å². The van der Waals surface area contributed by atoms with E-state index in [1.54, 1.807) is 0 Å². The Labute approximate surface area is 73.8 Å². The average molecular weight is 178 g/mol. The van der Waals surface area contributed by atoms with Gasteiger partial charge in [-0.2, -0.15) is 0 Å². The largest absolute Gasteiger partial charge is 0.331 e. The Bertz CT molecular complexity index is 406. The van der Waals surface area contributed by atoms with Crippen molar-refractivity contribution in [2.24, 2.45) is 7.05 Å². The monoisotopic (exact) mass is 178 g/mol. The van der Waals surface area contributed by atoms with E-state index in [0.29, 0.717) is 0 Å². The third-order valence-electron chi connectivity index (χ3n) is 2.06. The number of benzene rings is 1. The Kier molecular flexibility index (Phi) is 1.86. The number of hydrogen-bond donors (Lipinski definition) is 0. The van der Waals surface area contributed by atoms with Crippen LogP contribution in [0.4, 0.5) is 0 Å². The molecule has 0 bridgehead atoms. The predicted octanol–water partition coefficient (Wildman–Crippen LogP) is 1.95. The van der Waals surface area contributed by atoms with Gasteiger partial charge in [0.25, 0.3) is 0 Å². The number of aryl methyl sites for hydroxylation is 1. The minimum Gasteiger partial charge on any atom is -0.331 e. The van der Waals surface area contributed by atoms with Crippen molar-refractivity contribution in [1.82, 2.24) is 9.55 Å². The molecular formula is C9H11N2P. The minimum atomic E-state index is 0.908. The van der Waals surface area contributed by atoms with E-state index in [9.17, 15) is 0 Å². The lowest BCUT2D eigenvalue weighted by molar-refractivity contribution is 0.876. The van der Waals surface area contributed by atoms with E-state index < -0.39 is 0 Å². The summed E-state index contributed by atoms with van der Waals surface area (Å²) in [6.45, 7) is 0. The topological polar surface area (TPSA) is 17.8 Å². The van der Waals surface area contributed by atoms with Crippen molar-refractivity contribution in [3.05, 3.63) is 30.1 Å². The fourth-order valence-corrected chi connectivity index (χ4v) is 1.74. The highest BCUT2D eigenvalue weighted by molar-refractivity contribution is 7.15. The van der Waals surface area contributed by atoms with Crippen molar-refractivity contribution in [1.29, 1.82) is 0 Å². The molecule has 62 valence electrons. The molecule has 3 heteroatoms. The van der Waals surface area contributed by atoms with Crippen LogP contribution in [0.25, 0.3) is 11.0 Å². The normalized spacial score (nSPS) is 10.8. The van der Waals surface area contributed by atoms with E-state index in [2.05, 4.69) is 31.9 Å². The lowest BCUT2D eigenvalue weighted by atomic mass is 10.3. The van der Waals surface area contributed by atoms with Gasteiger partial charge in [-0.25, -0.2) is 4.98 Å². The molecule has 2 nitrogen and oxygen atoms in total. The van der Waals surface area contributed by atoms with Gasteiger partial charge in [-0.05, 0) is 12.1 Å². The quantitative estimate of drug-likeness (QED) is 0.610. The van der Waals surface area contributed by atoms with E-state index in [-0.39, 0.29) is 0 Å². The van der Waals surface area contributed by atoms with Gasteiger partial charge in [-0.15, -0.1) is 9.24 Å². The maximum atomic E-state index is 4.47. The van der Waals surface area contributed by atoms with Gasteiger partial charge in [0, 0.05) is 13.2 Å². The third-order valence-corrected chi connectivity index (χ3v) is 2.43. The van der Waals surface area contributed by atoms with Crippen molar-refractivity contribution in [2.45, 2.75) is 6.16 Å². The fraction of sp³-hybridized carbons (Fsp3) is 0.222. The maximum absolute atomic E-state index is 4.47. The molecule has 0 amide bonds. The van der Waals surface area contributed by atoms with Crippen LogP contribution in [-0.4, -0.2) is 9.55 Å². The predicted molar refractivity (Wildman–Crippen MR) is 54.1 cm³/mol. The van der Waals surface area contributed by atoms with Crippen molar-refractivity contribution in [3.8, 4) is 0 Å². The summed E-state index contributed by atoms with van der Waals surface area (Å²) in [7, 11) is 4.74. The first-order valence-corrected chi connectivity index (χ1v) is 4.75. The molecule has 2 rings (SSSR count). The summed E-state index contributed by atoms with van der Waals surface area (Å²) in [6.07, 6.45) is 0.908. The van der Waals surface area contributed by atoms with Gasteiger partial charge in [-0.3, -0.25) is 0 Å². The number of fused-ring (bicyclic) bond motifs is 1. The maximum Gasteiger partial charge on any atom is 0.113 e. The SMILES string of the molecule is Cn1c(CP)nc2ccccc21. The van der Waals surface area contributed by atoms with Crippen molar-refractivity contribution in [3.63, 3.8) is 0 Å². The van der Waals surface area contributed by atoms with Crippen molar-refractivity contribution >= 4 is 20.3 Å². The van der Waals surface area contributed by atoms with Gasteiger partial charge < -0.3 is 4.57 Å². The molecule has 0 radical (unpaired) electrons. The van der Waals surface area contributed by atoms with E-state index >= 15 is 0 Å². The molecule has 0 saturated heterocycles. The van der Waals surface area contributed by atoms with Crippen LogP contribution in [0.15, 0.2) is 24.3 Å². The lowest BCUT2D eigenvalue weighted by Gasteiger charge is -1.96. The summed E-state index contributed by atoms with van der Waals surface area (Å²) in [5, 5.41) is 0. The highest BCUT2D eigenvalue weighted by Gasteiger charge is 2.03. The van der Waals surface area contributed by atoms with Crippen LogP contribution in [0, 0.1) is 0 Å². The lowest BCUT2D eigenvalue weighted by Crippen LogP contribution is -1.93. The molecule has 0 N–H and O–H groups in total. The van der Waals surface area contributed by atoms with E-state index in [1.807, 2.05) is 18.2 Å². The van der Waals surface area contributed by atoms with Crippen molar-refractivity contribution in [2.75, 3.05) is 0 Å². The minimum absolute atomic E-state index is 0.908. The molecule has 0 fully saturated rings. The van der Waals surface area contributed by atoms with Gasteiger partial charge in [0.15, 0.2) is 0 Å². The van der Waals surface area contributed by atoms with Crippen LogP contribution < -0.4 is 0 Å². The van der Waals surface area contributed by atoms with Crippen LogP contribution in [0.1, 0.15) is 5.82 Å². The second-order valence-corrected chi connectivity index (χ2v) is 3.19. The molecule has 0 saturated carbocycles. The summed E-state index contributed by atoms with van der Waals surface area (Å²) in [5.74, 6) is 1.11. The molecule has 2 aromatic rings. The second kappa shape index (κ2) is 2.87. The number of hydrogen-bond acceptors (Lipinski definition) is 1. The van der Waals surface area contributed by atoms with Gasteiger partial charge >= 0.3 is 0 Å². The Morgan fingerprint density at radius 1 is 1.42 bits per heavy atom. The summed E-state index contributed by atoms with van der Waals surface area (Å²) in [6, 6.07) is 8.18. The Hall–Kier alpha value is -0.880. The summed E-state index contributed by atoms with van der Waals surface area (Å²) in [4.78, 5) is 4.47. The van der Waals surface area contributed by atoms with Crippen LogP contribution >= 0.6 is 9.24 Å². The van der Waals surface area contributed by atoms with Crippen LogP contribution in [0.2, 0.25) is 0 Å². The third kappa shape index (κ3) is 1.03. The van der Waals surface area contributed by atoms with Crippen LogP contribution in [0.3, 0.4) is 0 Å². The summed E-state index contributed by atoms with van der Waals surface area (Å²) in [5.41, 5.74) is 2.28. The second-order valence-electron chi connectivity index (χ2n) is 2.78. The Morgan fingerprint density at radius 2 is 2.17 bits per heavy atom. The van der Waals surface area contributed by atoms with Crippen LogP contribution in [-0.2, 0) is 13.2 Å². The summed E-state index contributed by atoms with van der Waals surface area (Å²) < 4.78 is 2.13. The van der Waals surface area contributed by atoms with Gasteiger partial charge in [0.1, 0.15) is 5.82 Å². The Morgan fingerprint density at radius 3 is 2.83 bits per heavy atom. The standard InChI is InChI=1S/C9H11N2P/c1-11-8-5-3-2-4-7(8)10-9(11)6-12/h2-5H,6,12H2,1H3. The highest BCUT2D eigenvalue weighted by Crippen LogP contribution is 2.15. The molecule has 1 atom stereocenters. The van der Waals surface area contributed by atoms with E-state index in [1.165, 1.54) is 5.52 Å². The zero-order valence-corrected chi connectivity index (χ0v) is 8.14. The van der Waals surface area contributed by atoms with Crippen molar-refractivity contribution < 1.29 is 0 Å². The number of rotatable bonds is 1. The molecule has 12 heavy (non-hydrogen) atoms. The first-order chi connectivity index (χ1) is 5.83. The number of para-hydroxylation sites is 2. The first kappa shape index (κ1) is 7.75. The molecular weight excluding hydrogens is 167 g/mol. The Balaban J connectivity index is 2.78. The molecule has 0 aliphatic carbocycles. The average Bonchev–Trinajstić information content (AvgIpc) is 2.44. The smallest absolute Gasteiger partial charge is 0.113 e. The van der Waals surface area contributed by atoms with Gasteiger partial charge in [0.2, 0.25) is 0 Å². The number of nitrogens with zero attached hydrogens (tertiary/aromatic N) is 2. The number of imidazole rings is 1. The van der Waals surface area contributed by atoms with Crippen LogP contribution in [0.5, 0.6) is 0 Å². The zero-order valence-electron chi connectivity index (χ0n) is 6.99. The number of aromatic nitrogens is 2. The molecule has 1 aromatic heterocycles. The summed E-state index contributed by atoms with van der Waals surface area (Å²) >= 11 is 0. The zero-order chi connectivity index (χ0) is 8.55. The molecule has 1 heterocycles. The van der Waals surface area contributed by atoms with Gasteiger partial charge in [-0.1, -0.05) is 12.1 Å². The highest BCUT2D eigenvalue weighted by atomic mass is 31.0. The van der Waals surface area contributed by atoms with E-state index in [0.717, 1.165) is 17.5 Å². The first-order valence-electron chi connectivity index (χ1n) is 3.93. The molecule has 0 aliphatic rings. The molecule has 1 aromatic carbocycles. The molecule has 1 unspecified atom stereocenters. The molecule has 0 spiro atoms. The van der Waals surface area contributed by atoms with E-state index in [4.69, 9.17) is 0 Å².